The van der Waals surface area contributed by atoms with Crippen LogP contribution in [-0.2, 0) is 6.54 Å². The van der Waals surface area contributed by atoms with Gasteiger partial charge in [0.2, 0.25) is 0 Å². The molecule has 1 aromatic heterocycles. The van der Waals surface area contributed by atoms with Gasteiger partial charge in [0.25, 0.3) is 5.91 Å². The van der Waals surface area contributed by atoms with Crippen LogP contribution in [0.25, 0.3) is 0 Å². The van der Waals surface area contributed by atoms with E-state index in [0.717, 1.165) is 6.26 Å². The maximum atomic E-state index is 13.0. The van der Waals surface area contributed by atoms with E-state index < -0.39 is 18.8 Å². The third-order valence-corrected chi connectivity index (χ3v) is 2.72. The minimum atomic E-state index is -4.78. The van der Waals surface area contributed by atoms with E-state index in [-0.39, 0.29) is 16.2 Å². The molecule has 0 N–H and O–H groups in total. The number of hydrogen-bond donors (Lipinski definition) is 0. The van der Waals surface area contributed by atoms with Crippen molar-refractivity contribution in [3.8, 4) is 0 Å². The molecule has 106 valence electrons. The predicted molar refractivity (Wildman–Crippen MR) is 63.6 cm³/mol. The molecule has 1 amide bonds. The second-order valence-electron chi connectivity index (χ2n) is 4.16. The van der Waals surface area contributed by atoms with E-state index in [2.05, 4.69) is 9.68 Å². The molecule has 0 unspecified atom stereocenters. The molecule has 0 aliphatic heterocycles. The Kier molecular flexibility index (Phi) is 3.78. The zero-order chi connectivity index (χ0) is 14.8. The van der Waals surface area contributed by atoms with E-state index in [4.69, 9.17) is 0 Å². The highest BCUT2D eigenvalue weighted by molar-refractivity contribution is 5.95. The third-order valence-electron chi connectivity index (χ3n) is 2.72. The fraction of sp³-hybridized carbons (Fsp3) is 0.231. The van der Waals surface area contributed by atoms with E-state index >= 15 is 0 Å². The average molecular weight is 284 g/mol. The molecule has 0 bridgehead atoms. The Morgan fingerprint density at radius 2 is 1.95 bits per heavy atom. The molecule has 0 radical (unpaired) electrons. The second-order valence-corrected chi connectivity index (χ2v) is 4.16. The number of nitrogens with zero attached hydrogens (tertiary/aromatic N) is 2. The van der Waals surface area contributed by atoms with Crippen molar-refractivity contribution in [2.45, 2.75) is 19.8 Å². The molecule has 1 heterocycles. The predicted octanol–water partition coefficient (Wildman–Crippen LogP) is 3.15. The minimum absolute atomic E-state index is 0.123. The molecule has 0 atom stereocenters. The first-order valence-electron chi connectivity index (χ1n) is 5.73. The molecule has 0 aliphatic rings. The van der Waals surface area contributed by atoms with Gasteiger partial charge in [-0.2, -0.15) is 0 Å². The summed E-state index contributed by atoms with van der Waals surface area (Å²) in [4.78, 5) is 11.8. The molecule has 2 rings (SSSR count). The van der Waals surface area contributed by atoms with Gasteiger partial charge in [-0.25, -0.2) is 4.90 Å². The van der Waals surface area contributed by atoms with Crippen LogP contribution < -0.4 is 0 Å². The second kappa shape index (κ2) is 5.36. The number of amides is 1. The normalized spacial score (nSPS) is 11.4. The van der Waals surface area contributed by atoms with Crippen LogP contribution in [0, 0.1) is 6.92 Å². The molecule has 0 saturated carbocycles. The highest BCUT2D eigenvalue weighted by Gasteiger charge is 2.42. The SMILES string of the molecule is Cc1nocc1C(=O)N(Cc1ccccc1)C(F)(F)F. The lowest BCUT2D eigenvalue weighted by molar-refractivity contribution is -0.227. The van der Waals surface area contributed by atoms with Gasteiger partial charge in [0.1, 0.15) is 11.8 Å². The molecule has 7 heteroatoms. The maximum absolute atomic E-state index is 13.0. The number of rotatable bonds is 3. The highest BCUT2D eigenvalue weighted by atomic mass is 19.4. The van der Waals surface area contributed by atoms with Crippen LogP contribution in [0.1, 0.15) is 21.6 Å². The Morgan fingerprint density at radius 1 is 1.30 bits per heavy atom. The van der Waals surface area contributed by atoms with Crippen molar-refractivity contribution in [3.63, 3.8) is 0 Å². The van der Waals surface area contributed by atoms with E-state index in [0.29, 0.717) is 5.56 Å². The van der Waals surface area contributed by atoms with Gasteiger partial charge in [0, 0.05) is 0 Å². The highest BCUT2D eigenvalue weighted by Crippen LogP contribution is 2.26. The van der Waals surface area contributed by atoms with Crippen molar-refractivity contribution in [3.05, 3.63) is 53.4 Å². The molecular formula is C13H11F3N2O2. The van der Waals surface area contributed by atoms with Gasteiger partial charge in [-0.15, -0.1) is 13.2 Å². The molecule has 1 aromatic carbocycles. The van der Waals surface area contributed by atoms with Gasteiger partial charge >= 0.3 is 6.30 Å². The molecule has 2 aromatic rings. The van der Waals surface area contributed by atoms with Gasteiger partial charge in [0.05, 0.1) is 12.2 Å². The molecular weight excluding hydrogens is 273 g/mol. The van der Waals surface area contributed by atoms with Gasteiger partial charge in [-0.05, 0) is 12.5 Å². The first-order valence-corrected chi connectivity index (χ1v) is 5.73. The topological polar surface area (TPSA) is 46.3 Å². The summed E-state index contributed by atoms with van der Waals surface area (Å²) in [5, 5.41) is 3.42. The van der Waals surface area contributed by atoms with Crippen LogP contribution in [0.5, 0.6) is 0 Å². The van der Waals surface area contributed by atoms with Crippen LogP contribution in [0.15, 0.2) is 41.1 Å². The van der Waals surface area contributed by atoms with Gasteiger partial charge in [-0.3, -0.25) is 4.79 Å². The van der Waals surface area contributed by atoms with Gasteiger partial charge in [0.15, 0.2) is 0 Å². The third kappa shape index (κ3) is 2.98. The monoisotopic (exact) mass is 284 g/mol. The number of benzene rings is 1. The summed E-state index contributed by atoms with van der Waals surface area (Å²) in [6, 6.07) is 7.95. The summed E-state index contributed by atoms with van der Waals surface area (Å²) < 4.78 is 43.6. The summed E-state index contributed by atoms with van der Waals surface area (Å²) in [5.74, 6) is -1.18. The molecule has 4 nitrogen and oxygen atoms in total. The van der Waals surface area contributed by atoms with Gasteiger partial charge < -0.3 is 4.52 Å². The lowest BCUT2D eigenvalue weighted by Crippen LogP contribution is -2.42. The number of aromatic nitrogens is 1. The zero-order valence-corrected chi connectivity index (χ0v) is 10.5. The minimum Gasteiger partial charge on any atom is -0.364 e. The largest absolute Gasteiger partial charge is 0.487 e. The van der Waals surface area contributed by atoms with Crippen molar-refractivity contribution < 1.29 is 22.5 Å². The van der Waals surface area contributed by atoms with E-state index in [1.807, 2.05) is 0 Å². The fourth-order valence-corrected chi connectivity index (χ4v) is 1.69. The fourth-order valence-electron chi connectivity index (χ4n) is 1.69. The summed E-state index contributed by atoms with van der Waals surface area (Å²) in [6.07, 6.45) is -3.86. The summed E-state index contributed by atoms with van der Waals surface area (Å²) in [6.45, 7) is 0.849. The van der Waals surface area contributed by atoms with Crippen LogP contribution in [0.4, 0.5) is 13.2 Å². The Balaban J connectivity index is 2.30. The molecule has 0 fully saturated rings. The Labute approximate surface area is 112 Å². The van der Waals surface area contributed by atoms with E-state index in [9.17, 15) is 18.0 Å². The van der Waals surface area contributed by atoms with E-state index in [1.165, 1.54) is 19.1 Å². The van der Waals surface area contributed by atoms with Crippen molar-refractivity contribution in [1.82, 2.24) is 10.1 Å². The number of carbonyl (C=O) groups excluding carboxylic acids is 1. The van der Waals surface area contributed by atoms with Crippen LogP contribution in [-0.4, -0.2) is 22.3 Å². The first-order chi connectivity index (χ1) is 9.39. The van der Waals surface area contributed by atoms with Gasteiger partial charge in [-0.1, -0.05) is 35.5 Å². The van der Waals surface area contributed by atoms with Crippen molar-refractivity contribution >= 4 is 5.91 Å². The standard InChI is InChI=1S/C13H11F3N2O2/c1-9-11(8-20-17-9)12(19)18(13(14,15)16)7-10-5-3-2-4-6-10/h2-6,8H,7H2,1H3. The summed E-state index contributed by atoms with van der Waals surface area (Å²) in [5.41, 5.74) is 0.308. The molecule has 0 saturated heterocycles. The Morgan fingerprint density at radius 3 is 2.45 bits per heavy atom. The first kappa shape index (κ1) is 14.1. The van der Waals surface area contributed by atoms with Crippen molar-refractivity contribution in [2.24, 2.45) is 0 Å². The van der Waals surface area contributed by atoms with Crippen LogP contribution in [0.2, 0.25) is 0 Å². The quantitative estimate of drug-likeness (QED) is 0.813. The molecule has 0 aliphatic carbocycles. The van der Waals surface area contributed by atoms with Crippen LogP contribution >= 0.6 is 0 Å². The Bertz CT molecular complexity index is 593. The van der Waals surface area contributed by atoms with Crippen molar-refractivity contribution in [1.29, 1.82) is 0 Å². The number of hydrogen-bond acceptors (Lipinski definition) is 3. The number of carbonyl (C=O) groups is 1. The van der Waals surface area contributed by atoms with Crippen LogP contribution in [0.3, 0.4) is 0 Å². The lowest BCUT2D eigenvalue weighted by atomic mass is 10.2. The average Bonchev–Trinajstić information content (AvgIpc) is 2.81. The number of alkyl halides is 3. The molecule has 0 spiro atoms. The summed E-state index contributed by atoms with van der Waals surface area (Å²) >= 11 is 0. The smallest absolute Gasteiger partial charge is 0.364 e. The molecule has 20 heavy (non-hydrogen) atoms. The number of aryl methyl sites for hydroxylation is 1. The number of halogens is 3. The Hall–Kier alpha value is -2.31. The summed E-state index contributed by atoms with van der Waals surface area (Å²) in [7, 11) is 0. The van der Waals surface area contributed by atoms with Crippen molar-refractivity contribution in [2.75, 3.05) is 0 Å². The lowest BCUT2D eigenvalue weighted by Gasteiger charge is -2.24. The maximum Gasteiger partial charge on any atom is 0.487 e. The van der Waals surface area contributed by atoms with E-state index in [1.54, 1.807) is 18.2 Å². The zero-order valence-electron chi connectivity index (χ0n) is 10.5.